The van der Waals surface area contributed by atoms with E-state index in [4.69, 9.17) is 5.11 Å². The van der Waals surface area contributed by atoms with E-state index >= 15 is 0 Å². The number of nitrogens with zero attached hydrogens (tertiary/aromatic N) is 2. The molecule has 0 fully saturated rings. The van der Waals surface area contributed by atoms with Crippen molar-refractivity contribution < 1.29 is 18.3 Å². The Hall–Kier alpha value is -1.61. The third kappa shape index (κ3) is 2.30. The lowest BCUT2D eigenvalue weighted by Gasteiger charge is -2.16. The molecule has 2 aromatic rings. The topological polar surface area (TPSA) is 64.2 Å². The minimum atomic E-state index is -4.82. The van der Waals surface area contributed by atoms with E-state index in [0.717, 1.165) is 20.5 Å². The molecular formula is C10H9F3N2O3S. The Morgan fingerprint density at radius 1 is 1.42 bits per heavy atom. The first-order valence-corrected chi connectivity index (χ1v) is 6.03. The van der Waals surface area contributed by atoms with Gasteiger partial charge in [-0.25, -0.2) is 4.79 Å². The number of hydrogen-bond acceptors (Lipinski definition) is 4. The number of alkyl halides is 3. The molecule has 0 saturated heterocycles. The zero-order chi connectivity index (χ0) is 14.4. The molecule has 104 valence electrons. The van der Waals surface area contributed by atoms with Crippen molar-refractivity contribution in [3.8, 4) is 0 Å². The fraction of sp³-hybridized carbons (Fsp3) is 0.400. The SMILES string of the molecule is Cn1c(=O)c2ccsc2n(CC(O)C(F)(F)F)c1=O. The van der Waals surface area contributed by atoms with Crippen LogP contribution in [0.2, 0.25) is 0 Å². The van der Waals surface area contributed by atoms with Crippen molar-refractivity contribution in [3.63, 3.8) is 0 Å². The first-order chi connectivity index (χ1) is 8.73. The van der Waals surface area contributed by atoms with E-state index in [1.54, 1.807) is 0 Å². The highest BCUT2D eigenvalue weighted by Gasteiger charge is 2.39. The Bertz CT molecular complexity index is 728. The zero-order valence-electron chi connectivity index (χ0n) is 9.64. The molecule has 19 heavy (non-hydrogen) atoms. The van der Waals surface area contributed by atoms with Crippen LogP contribution in [0.5, 0.6) is 0 Å². The maximum atomic E-state index is 12.3. The van der Waals surface area contributed by atoms with E-state index in [0.29, 0.717) is 0 Å². The van der Waals surface area contributed by atoms with E-state index in [1.807, 2.05) is 0 Å². The number of halogens is 3. The van der Waals surface area contributed by atoms with E-state index in [-0.39, 0.29) is 10.2 Å². The molecule has 2 heterocycles. The summed E-state index contributed by atoms with van der Waals surface area (Å²) in [6.45, 7) is -0.937. The van der Waals surface area contributed by atoms with Gasteiger partial charge in [-0.3, -0.25) is 13.9 Å². The zero-order valence-corrected chi connectivity index (χ0v) is 10.5. The number of aromatic nitrogens is 2. The predicted molar refractivity (Wildman–Crippen MR) is 63.4 cm³/mol. The average molecular weight is 294 g/mol. The number of aliphatic hydroxyl groups is 1. The first kappa shape index (κ1) is 13.8. The fourth-order valence-corrected chi connectivity index (χ4v) is 2.54. The minimum Gasteiger partial charge on any atom is -0.382 e. The molecule has 0 amide bonds. The Morgan fingerprint density at radius 3 is 2.63 bits per heavy atom. The molecule has 5 nitrogen and oxygen atoms in total. The number of fused-ring (bicyclic) bond motifs is 1. The Morgan fingerprint density at radius 2 is 2.05 bits per heavy atom. The summed E-state index contributed by atoms with van der Waals surface area (Å²) in [6.07, 6.45) is -7.48. The van der Waals surface area contributed by atoms with Gasteiger partial charge in [0.15, 0.2) is 6.10 Å². The van der Waals surface area contributed by atoms with Crippen molar-refractivity contribution in [2.75, 3.05) is 0 Å². The highest BCUT2D eigenvalue weighted by atomic mass is 32.1. The van der Waals surface area contributed by atoms with Crippen molar-refractivity contribution >= 4 is 21.6 Å². The summed E-state index contributed by atoms with van der Waals surface area (Å²) in [6, 6.07) is 1.43. The standard InChI is InChI=1S/C10H9F3N2O3S/c1-14-7(17)5-2-3-19-8(5)15(9(14)18)4-6(16)10(11,12)13/h2-3,6,16H,4H2,1H3. The van der Waals surface area contributed by atoms with Crippen LogP contribution < -0.4 is 11.2 Å². The molecule has 0 radical (unpaired) electrons. The van der Waals surface area contributed by atoms with Crippen LogP contribution in [0.4, 0.5) is 13.2 Å². The lowest BCUT2D eigenvalue weighted by molar-refractivity contribution is -0.207. The summed E-state index contributed by atoms with van der Waals surface area (Å²) in [5, 5.41) is 10.7. The highest BCUT2D eigenvalue weighted by Crippen LogP contribution is 2.23. The van der Waals surface area contributed by atoms with E-state index in [9.17, 15) is 22.8 Å². The molecule has 9 heteroatoms. The highest BCUT2D eigenvalue weighted by molar-refractivity contribution is 7.16. The Labute approximate surface area is 108 Å². The van der Waals surface area contributed by atoms with E-state index < -0.39 is 30.1 Å². The summed E-state index contributed by atoms with van der Waals surface area (Å²) < 4.78 is 38.5. The van der Waals surface area contributed by atoms with Crippen molar-refractivity contribution in [1.82, 2.24) is 9.13 Å². The minimum absolute atomic E-state index is 0.122. The monoisotopic (exact) mass is 294 g/mol. The smallest absolute Gasteiger partial charge is 0.382 e. The molecule has 0 aromatic carbocycles. The van der Waals surface area contributed by atoms with Crippen LogP contribution >= 0.6 is 11.3 Å². The number of thiophene rings is 1. The van der Waals surface area contributed by atoms with Gasteiger partial charge in [0.2, 0.25) is 0 Å². The lowest BCUT2D eigenvalue weighted by atomic mass is 10.3. The summed E-state index contributed by atoms with van der Waals surface area (Å²) in [5.41, 5.74) is -1.46. The van der Waals surface area contributed by atoms with Gasteiger partial charge >= 0.3 is 11.9 Å². The van der Waals surface area contributed by atoms with Crippen molar-refractivity contribution in [3.05, 3.63) is 32.3 Å². The molecule has 0 aliphatic carbocycles. The van der Waals surface area contributed by atoms with Gasteiger partial charge in [-0.1, -0.05) is 0 Å². The Balaban J connectivity index is 2.64. The van der Waals surface area contributed by atoms with Gasteiger partial charge in [0.1, 0.15) is 4.83 Å². The third-order valence-electron chi connectivity index (χ3n) is 2.68. The molecule has 2 rings (SSSR count). The normalized spacial score (nSPS) is 13.9. The van der Waals surface area contributed by atoms with Crippen LogP contribution in [0.15, 0.2) is 21.0 Å². The molecule has 0 bridgehead atoms. The van der Waals surface area contributed by atoms with Gasteiger partial charge in [0, 0.05) is 7.05 Å². The van der Waals surface area contributed by atoms with Crippen LogP contribution in [0.3, 0.4) is 0 Å². The predicted octanol–water partition coefficient (Wildman–Crippen LogP) is 0.685. The lowest BCUT2D eigenvalue weighted by Crippen LogP contribution is -2.42. The van der Waals surface area contributed by atoms with E-state index in [2.05, 4.69) is 0 Å². The van der Waals surface area contributed by atoms with Gasteiger partial charge in [0.05, 0.1) is 11.9 Å². The number of rotatable bonds is 2. The van der Waals surface area contributed by atoms with Crippen LogP contribution in [0.1, 0.15) is 0 Å². The molecular weight excluding hydrogens is 285 g/mol. The Kier molecular flexibility index (Phi) is 3.27. The second kappa shape index (κ2) is 4.49. The second-order valence-electron chi connectivity index (χ2n) is 3.95. The first-order valence-electron chi connectivity index (χ1n) is 5.15. The molecule has 0 saturated carbocycles. The van der Waals surface area contributed by atoms with Crippen LogP contribution in [0.25, 0.3) is 10.2 Å². The molecule has 1 atom stereocenters. The van der Waals surface area contributed by atoms with Gasteiger partial charge < -0.3 is 5.11 Å². The van der Waals surface area contributed by atoms with Crippen LogP contribution in [-0.2, 0) is 13.6 Å². The largest absolute Gasteiger partial charge is 0.416 e. The van der Waals surface area contributed by atoms with Crippen molar-refractivity contribution in [2.24, 2.45) is 7.05 Å². The van der Waals surface area contributed by atoms with Gasteiger partial charge in [-0.15, -0.1) is 11.3 Å². The quantitative estimate of drug-likeness (QED) is 0.886. The molecule has 1 N–H and O–H groups in total. The average Bonchev–Trinajstić information content (AvgIpc) is 2.79. The molecule has 2 aromatic heterocycles. The van der Waals surface area contributed by atoms with Crippen molar-refractivity contribution in [1.29, 1.82) is 0 Å². The summed E-state index contributed by atoms with van der Waals surface area (Å²) in [5.74, 6) is 0. The van der Waals surface area contributed by atoms with Gasteiger partial charge in [0.25, 0.3) is 5.56 Å². The molecule has 0 spiro atoms. The summed E-state index contributed by atoms with van der Waals surface area (Å²) in [4.78, 5) is 23.7. The number of hydrogen-bond donors (Lipinski definition) is 1. The van der Waals surface area contributed by atoms with Crippen molar-refractivity contribution in [2.45, 2.75) is 18.8 Å². The third-order valence-corrected chi connectivity index (χ3v) is 3.61. The van der Waals surface area contributed by atoms with E-state index in [1.165, 1.54) is 18.5 Å². The number of aliphatic hydroxyl groups excluding tert-OH is 1. The van der Waals surface area contributed by atoms with Crippen LogP contribution in [-0.4, -0.2) is 26.5 Å². The second-order valence-corrected chi connectivity index (χ2v) is 4.85. The van der Waals surface area contributed by atoms with Gasteiger partial charge in [-0.2, -0.15) is 13.2 Å². The fourth-order valence-electron chi connectivity index (χ4n) is 1.65. The maximum absolute atomic E-state index is 12.3. The summed E-state index contributed by atoms with van der Waals surface area (Å²) >= 11 is 0.975. The molecule has 0 aliphatic rings. The van der Waals surface area contributed by atoms with Crippen LogP contribution in [0, 0.1) is 0 Å². The van der Waals surface area contributed by atoms with Gasteiger partial charge in [-0.05, 0) is 11.4 Å². The summed E-state index contributed by atoms with van der Waals surface area (Å²) in [7, 11) is 1.18. The molecule has 0 aliphatic heterocycles. The molecule has 1 unspecified atom stereocenters. The maximum Gasteiger partial charge on any atom is 0.416 e.